The number of amides is 2. The second-order valence-electron chi connectivity index (χ2n) is 9.51. The molecule has 0 unspecified atom stereocenters. The Bertz CT molecular complexity index is 1220. The predicted octanol–water partition coefficient (Wildman–Crippen LogP) is 3.86. The zero-order valence-corrected chi connectivity index (χ0v) is 20.8. The average molecular weight is 476 g/mol. The van der Waals surface area contributed by atoms with Crippen LogP contribution in [0.2, 0.25) is 0 Å². The molecule has 9 heteroatoms. The molecular formula is C26H33N7O2. The zero-order valence-electron chi connectivity index (χ0n) is 20.8. The summed E-state index contributed by atoms with van der Waals surface area (Å²) in [5.74, 6) is -0.409. The van der Waals surface area contributed by atoms with Crippen molar-refractivity contribution in [2.24, 2.45) is 0 Å². The van der Waals surface area contributed by atoms with Gasteiger partial charge in [0.05, 0.1) is 0 Å². The molecule has 0 radical (unpaired) electrons. The number of nitrogens with one attached hydrogen (secondary N) is 1. The van der Waals surface area contributed by atoms with Gasteiger partial charge in [-0.2, -0.15) is 0 Å². The predicted molar refractivity (Wildman–Crippen MR) is 136 cm³/mol. The van der Waals surface area contributed by atoms with Gasteiger partial charge in [-0.3, -0.25) is 14.5 Å². The third kappa shape index (κ3) is 4.76. The first-order valence-electron chi connectivity index (χ1n) is 12.0. The Hall–Kier alpha value is -3.75. The SMILES string of the molecule is Cc1ccc(N(C(=O)Cn2nnnc2N)C2(C(=O)Nc3c(C)cccc3C)CCCCC2)cc1C. The summed E-state index contributed by atoms with van der Waals surface area (Å²) in [5.41, 5.74) is 10.4. The molecule has 0 saturated heterocycles. The Balaban J connectivity index is 1.81. The van der Waals surface area contributed by atoms with Gasteiger partial charge in [0.15, 0.2) is 0 Å². The molecule has 4 rings (SSSR count). The van der Waals surface area contributed by atoms with Crippen molar-refractivity contribution in [1.29, 1.82) is 0 Å². The topological polar surface area (TPSA) is 119 Å². The molecule has 3 N–H and O–H groups in total. The maximum Gasteiger partial charge on any atom is 0.250 e. The number of aromatic nitrogens is 4. The van der Waals surface area contributed by atoms with Gasteiger partial charge in [0.25, 0.3) is 5.91 Å². The van der Waals surface area contributed by atoms with Gasteiger partial charge in [0, 0.05) is 11.4 Å². The van der Waals surface area contributed by atoms with Crippen LogP contribution in [0.5, 0.6) is 0 Å². The lowest BCUT2D eigenvalue weighted by Crippen LogP contribution is -2.61. The number of nitrogens with two attached hydrogens (primary N) is 1. The van der Waals surface area contributed by atoms with E-state index < -0.39 is 5.54 Å². The highest BCUT2D eigenvalue weighted by Gasteiger charge is 2.48. The standard InChI is InChI=1S/C26H33N7O2/c1-17-11-12-21(15-20(17)4)33(22(34)16-32-25(27)29-30-31-32)26(13-6-5-7-14-26)24(35)28-23-18(2)9-8-10-19(23)3/h8-12,15H,5-7,13-14,16H2,1-4H3,(H,28,35)(H2,27,29,31). The summed E-state index contributed by atoms with van der Waals surface area (Å²) in [7, 11) is 0. The van der Waals surface area contributed by atoms with Crippen LogP contribution >= 0.6 is 0 Å². The summed E-state index contributed by atoms with van der Waals surface area (Å²) in [5, 5.41) is 14.3. The molecule has 2 aromatic carbocycles. The number of carbonyl (C=O) groups is 2. The minimum Gasteiger partial charge on any atom is -0.367 e. The molecule has 3 aromatic rings. The number of tetrazole rings is 1. The van der Waals surface area contributed by atoms with E-state index in [-0.39, 0.29) is 24.3 Å². The molecule has 1 aliphatic carbocycles. The number of nitrogen functional groups attached to an aromatic ring is 1. The van der Waals surface area contributed by atoms with E-state index in [1.165, 1.54) is 4.68 Å². The summed E-state index contributed by atoms with van der Waals surface area (Å²) in [4.78, 5) is 29.8. The monoisotopic (exact) mass is 475 g/mol. The number of aryl methyl sites for hydroxylation is 4. The fourth-order valence-electron chi connectivity index (χ4n) is 4.95. The minimum atomic E-state index is -1.05. The first-order chi connectivity index (χ1) is 16.7. The lowest BCUT2D eigenvalue weighted by molar-refractivity contribution is -0.128. The van der Waals surface area contributed by atoms with E-state index in [4.69, 9.17) is 5.73 Å². The Morgan fingerprint density at radius 2 is 1.69 bits per heavy atom. The summed E-state index contributed by atoms with van der Waals surface area (Å²) in [6.45, 7) is 7.82. The quantitative estimate of drug-likeness (QED) is 0.559. The van der Waals surface area contributed by atoms with Crippen LogP contribution in [0.3, 0.4) is 0 Å². The number of para-hydroxylation sites is 1. The molecule has 0 bridgehead atoms. The molecular weight excluding hydrogens is 442 g/mol. The number of anilines is 3. The molecule has 0 atom stereocenters. The first-order valence-corrected chi connectivity index (χ1v) is 12.0. The third-order valence-corrected chi connectivity index (χ3v) is 7.09. The number of hydrogen-bond acceptors (Lipinski definition) is 6. The van der Waals surface area contributed by atoms with Gasteiger partial charge < -0.3 is 11.1 Å². The van der Waals surface area contributed by atoms with Crippen molar-refractivity contribution in [2.75, 3.05) is 16.0 Å². The molecule has 0 spiro atoms. The van der Waals surface area contributed by atoms with Crippen LogP contribution in [0.1, 0.15) is 54.4 Å². The Labute approximate surface area is 205 Å². The number of nitrogens with zero attached hydrogens (tertiary/aromatic N) is 5. The molecule has 1 aliphatic rings. The highest BCUT2D eigenvalue weighted by Crippen LogP contribution is 2.39. The molecule has 1 aromatic heterocycles. The lowest BCUT2D eigenvalue weighted by atomic mass is 9.78. The van der Waals surface area contributed by atoms with Gasteiger partial charge in [0.1, 0.15) is 12.1 Å². The number of benzene rings is 2. The van der Waals surface area contributed by atoms with Crippen molar-refractivity contribution in [1.82, 2.24) is 20.2 Å². The van der Waals surface area contributed by atoms with Crippen molar-refractivity contribution < 1.29 is 9.59 Å². The average Bonchev–Trinajstić information content (AvgIpc) is 3.23. The first kappa shape index (κ1) is 24.4. The maximum absolute atomic E-state index is 14.2. The number of rotatable bonds is 6. The third-order valence-electron chi connectivity index (χ3n) is 7.09. The zero-order chi connectivity index (χ0) is 25.2. The van der Waals surface area contributed by atoms with E-state index in [2.05, 4.69) is 20.8 Å². The molecule has 184 valence electrons. The van der Waals surface area contributed by atoms with Gasteiger partial charge in [-0.25, -0.2) is 4.68 Å². The van der Waals surface area contributed by atoms with Crippen LogP contribution < -0.4 is 16.0 Å². The summed E-state index contributed by atoms with van der Waals surface area (Å²) < 4.78 is 1.26. The van der Waals surface area contributed by atoms with E-state index >= 15 is 0 Å². The van der Waals surface area contributed by atoms with E-state index in [1.807, 2.05) is 64.1 Å². The minimum absolute atomic E-state index is 0.0519. The maximum atomic E-state index is 14.2. The van der Waals surface area contributed by atoms with Crippen molar-refractivity contribution in [3.8, 4) is 0 Å². The molecule has 0 aliphatic heterocycles. The largest absolute Gasteiger partial charge is 0.367 e. The van der Waals surface area contributed by atoms with Gasteiger partial charge in [-0.05, 0) is 85.3 Å². The van der Waals surface area contributed by atoms with Gasteiger partial charge in [-0.1, -0.05) is 48.6 Å². The van der Waals surface area contributed by atoms with E-state index in [0.29, 0.717) is 18.5 Å². The van der Waals surface area contributed by atoms with Crippen LogP contribution in [0, 0.1) is 27.7 Å². The lowest BCUT2D eigenvalue weighted by Gasteiger charge is -2.45. The summed E-state index contributed by atoms with van der Waals surface area (Å²) in [6.07, 6.45) is 3.85. The molecule has 1 heterocycles. The second kappa shape index (κ2) is 9.85. The fraction of sp³-hybridized carbons (Fsp3) is 0.423. The second-order valence-corrected chi connectivity index (χ2v) is 9.51. The Morgan fingerprint density at radius 1 is 1.00 bits per heavy atom. The van der Waals surface area contributed by atoms with Gasteiger partial charge >= 0.3 is 0 Å². The van der Waals surface area contributed by atoms with Crippen LogP contribution in [0.25, 0.3) is 0 Å². The highest BCUT2D eigenvalue weighted by molar-refractivity contribution is 6.08. The molecule has 1 fully saturated rings. The Kier molecular flexibility index (Phi) is 6.86. The normalized spacial score (nSPS) is 15.0. The van der Waals surface area contributed by atoms with E-state index in [9.17, 15) is 9.59 Å². The van der Waals surface area contributed by atoms with Gasteiger partial charge in [-0.15, -0.1) is 0 Å². The van der Waals surface area contributed by atoms with Crippen molar-refractivity contribution in [3.63, 3.8) is 0 Å². The Morgan fingerprint density at radius 3 is 2.29 bits per heavy atom. The molecule has 1 saturated carbocycles. The van der Waals surface area contributed by atoms with E-state index in [1.54, 1.807) is 4.90 Å². The van der Waals surface area contributed by atoms with Crippen LogP contribution in [0.15, 0.2) is 36.4 Å². The van der Waals surface area contributed by atoms with Gasteiger partial charge in [0.2, 0.25) is 11.9 Å². The number of carbonyl (C=O) groups excluding carboxylic acids is 2. The van der Waals surface area contributed by atoms with Crippen molar-refractivity contribution >= 4 is 29.1 Å². The summed E-state index contributed by atoms with van der Waals surface area (Å²) >= 11 is 0. The van der Waals surface area contributed by atoms with Crippen LogP contribution in [0.4, 0.5) is 17.3 Å². The van der Waals surface area contributed by atoms with Crippen LogP contribution in [-0.4, -0.2) is 37.6 Å². The summed E-state index contributed by atoms with van der Waals surface area (Å²) in [6, 6.07) is 11.8. The van der Waals surface area contributed by atoms with E-state index in [0.717, 1.165) is 47.2 Å². The fourth-order valence-corrected chi connectivity index (χ4v) is 4.95. The smallest absolute Gasteiger partial charge is 0.250 e. The molecule has 2 amide bonds. The van der Waals surface area contributed by atoms with Crippen molar-refractivity contribution in [2.45, 2.75) is 71.9 Å². The molecule has 9 nitrogen and oxygen atoms in total. The van der Waals surface area contributed by atoms with Crippen LogP contribution in [-0.2, 0) is 16.1 Å². The highest BCUT2D eigenvalue weighted by atomic mass is 16.2. The van der Waals surface area contributed by atoms with Crippen molar-refractivity contribution in [3.05, 3.63) is 58.7 Å². The molecule has 35 heavy (non-hydrogen) atoms. The number of hydrogen-bond donors (Lipinski definition) is 2.